The van der Waals surface area contributed by atoms with Crippen molar-refractivity contribution >= 4 is 16.0 Å². The lowest BCUT2D eigenvalue weighted by atomic mass is 9.88. The van der Waals surface area contributed by atoms with Crippen LogP contribution in [0.5, 0.6) is 0 Å². The SMILES string of the molecule is CN1CCC(NS(=O)(=O)NCC(F)(F)F)(C(N)=NO)CC1. The number of oxime groups is 1. The van der Waals surface area contributed by atoms with Crippen LogP contribution < -0.4 is 15.2 Å². The van der Waals surface area contributed by atoms with Crippen LogP contribution in [0.1, 0.15) is 12.8 Å². The lowest BCUT2D eigenvalue weighted by Gasteiger charge is -2.39. The van der Waals surface area contributed by atoms with E-state index in [1.54, 1.807) is 7.05 Å². The summed E-state index contributed by atoms with van der Waals surface area (Å²) in [4.78, 5) is 1.89. The Bertz CT molecular complexity index is 485. The summed E-state index contributed by atoms with van der Waals surface area (Å²) >= 11 is 0. The summed E-state index contributed by atoms with van der Waals surface area (Å²) in [6, 6.07) is 0. The second-order valence-electron chi connectivity index (χ2n) is 4.91. The summed E-state index contributed by atoms with van der Waals surface area (Å²) in [6.45, 7) is -0.815. The van der Waals surface area contributed by atoms with Crippen molar-refractivity contribution in [1.29, 1.82) is 0 Å². The number of nitrogens with zero attached hydrogens (tertiary/aromatic N) is 2. The lowest BCUT2D eigenvalue weighted by molar-refractivity contribution is -0.121. The van der Waals surface area contributed by atoms with Gasteiger partial charge in [0.15, 0.2) is 5.84 Å². The Labute approximate surface area is 120 Å². The molecule has 1 fully saturated rings. The zero-order valence-corrected chi connectivity index (χ0v) is 12.1. The number of hydrogen-bond donors (Lipinski definition) is 4. The van der Waals surface area contributed by atoms with E-state index in [0.717, 1.165) is 0 Å². The van der Waals surface area contributed by atoms with Crippen molar-refractivity contribution in [2.75, 3.05) is 26.7 Å². The standard InChI is InChI=1S/C9H18F3N5O3S/c1-17-4-2-8(3-5-17,7(13)15-18)16-21(19,20)14-6-9(10,11)12/h14,16,18H,2-6H2,1H3,(H2,13,15). The first kappa shape index (κ1) is 17.9. The van der Waals surface area contributed by atoms with E-state index in [9.17, 15) is 21.6 Å². The van der Waals surface area contributed by atoms with Gasteiger partial charge in [-0.05, 0) is 19.9 Å². The average molecular weight is 333 g/mol. The molecule has 0 aromatic heterocycles. The third-order valence-corrected chi connectivity index (χ3v) is 4.41. The Morgan fingerprint density at radius 3 is 2.38 bits per heavy atom. The van der Waals surface area contributed by atoms with Gasteiger partial charge in [-0.2, -0.15) is 31.0 Å². The molecule has 124 valence electrons. The molecule has 12 heteroatoms. The molecule has 0 atom stereocenters. The Hall–Kier alpha value is -1.11. The highest BCUT2D eigenvalue weighted by atomic mass is 32.2. The zero-order chi connectivity index (χ0) is 16.3. The van der Waals surface area contributed by atoms with Gasteiger partial charge in [-0.15, -0.1) is 0 Å². The summed E-state index contributed by atoms with van der Waals surface area (Å²) < 4.78 is 63.2. The number of halogens is 3. The van der Waals surface area contributed by atoms with Gasteiger partial charge in [0.1, 0.15) is 6.54 Å². The fourth-order valence-corrected chi connectivity index (χ4v) is 3.23. The van der Waals surface area contributed by atoms with Crippen LogP contribution in [-0.4, -0.2) is 62.8 Å². The molecule has 1 aliphatic heterocycles. The van der Waals surface area contributed by atoms with Crippen molar-refractivity contribution in [2.45, 2.75) is 24.6 Å². The monoisotopic (exact) mass is 333 g/mol. The van der Waals surface area contributed by atoms with Gasteiger partial charge in [0.25, 0.3) is 10.2 Å². The molecule has 0 aliphatic carbocycles. The van der Waals surface area contributed by atoms with Gasteiger partial charge >= 0.3 is 6.18 Å². The van der Waals surface area contributed by atoms with Gasteiger partial charge in [-0.1, -0.05) is 5.16 Å². The van der Waals surface area contributed by atoms with Crippen LogP contribution in [0.3, 0.4) is 0 Å². The number of piperidine rings is 1. The summed E-state index contributed by atoms with van der Waals surface area (Å²) in [5, 5.41) is 11.6. The fourth-order valence-electron chi connectivity index (χ4n) is 1.98. The lowest BCUT2D eigenvalue weighted by Crippen LogP contribution is -2.63. The van der Waals surface area contributed by atoms with E-state index in [0.29, 0.717) is 13.1 Å². The van der Waals surface area contributed by atoms with Crippen molar-refractivity contribution in [1.82, 2.24) is 14.3 Å². The van der Waals surface area contributed by atoms with Gasteiger partial charge in [0.05, 0.1) is 5.54 Å². The van der Waals surface area contributed by atoms with E-state index in [1.807, 2.05) is 4.90 Å². The molecule has 1 aliphatic rings. The van der Waals surface area contributed by atoms with Crippen molar-refractivity contribution in [3.05, 3.63) is 0 Å². The van der Waals surface area contributed by atoms with Crippen LogP contribution in [0.2, 0.25) is 0 Å². The first-order chi connectivity index (χ1) is 9.50. The van der Waals surface area contributed by atoms with Crippen LogP contribution in [0, 0.1) is 0 Å². The van der Waals surface area contributed by atoms with Crippen molar-refractivity contribution < 1.29 is 26.8 Å². The molecule has 0 radical (unpaired) electrons. The molecule has 0 saturated carbocycles. The number of likely N-dealkylation sites (tertiary alicyclic amines) is 1. The second kappa shape index (κ2) is 6.34. The number of rotatable bonds is 5. The first-order valence-electron chi connectivity index (χ1n) is 6.01. The Kier molecular flexibility index (Phi) is 5.41. The summed E-state index contributed by atoms with van der Waals surface area (Å²) in [6.07, 6.45) is -4.33. The second-order valence-corrected chi connectivity index (χ2v) is 6.41. The number of nitrogens with one attached hydrogen (secondary N) is 2. The van der Waals surface area contributed by atoms with E-state index in [-0.39, 0.29) is 18.7 Å². The van der Waals surface area contributed by atoms with Crippen LogP contribution in [0.25, 0.3) is 0 Å². The number of alkyl halides is 3. The Balaban J connectivity index is 2.87. The molecule has 0 unspecified atom stereocenters. The summed E-state index contributed by atoms with van der Waals surface area (Å²) in [5.41, 5.74) is 4.12. The van der Waals surface area contributed by atoms with E-state index in [4.69, 9.17) is 10.9 Å². The van der Waals surface area contributed by atoms with E-state index >= 15 is 0 Å². The van der Waals surface area contributed by atoms with Gasteiger partial charge in [-0.3, -0.25) is 0 Å². The highest BCUT2D eigenvalue weighted by Crippen LogP contribution is 2.23. The van der Waals surface area contributed by atoms with Gasteiger partial charge in [-0.25, -0.2) is 0 Å². The predicted octanol–water partition coefficient (Wildman–Crippen LogP) is -0.816. The molecule has 0 aromatic rings. The van der Waals surface area contributed by atoms with Crippen LogP contribution >= 0.6 is 0 Å². The summed E-state index contributed by atoms with van der Waals surface area (Å²) in [7, 11) is -2.66. The van der Waals surface area contributed by atoms with Gasteiger partial charge in [0, 0.05) is 13.1 Å². The van der Waals surface area contributed by atoms with Crippen molar-refractivity contribution in [3.8, 4) is 0 Å². The number of amidine groups is 1. The zero-order valence-electron chi connectivity index (χ0n) is 11.3. The maximum Gasteiger partial charge on any atom is 0.402 e. The Morgan fingerprint density at radius 1 is 1.43 bits per heavy atom. The van der Waals surface area contributed by atoms with E-state index < -0.39 is 28.5 Å². The van der Waals surface area contributed by atoms with Gasteiger partial charge in [0.2, 0.25) is 0 Å². The topological polar surface area (TPSA) is 120 Å². The molecule has 0 bridgehead atoms. The molecular formula is C9H18F3N5O3S. The van der Waals surface area contributed by atoms with Crippen LogP contribution in [-0.2, 0) is 10.2 Å². The average Bonchev–Trinajstić information content (AvgIpc) is 2.38. The molecule has 0 amide bonds. The number of hydrogen-bond acceptors (Lipinski definition) is 5. The van der Waals surface area contributed by atoms with Crippen LogP contribution in [0.4, 0.5) is 13.2 Å². The fraction of sp³-hybridized carbons (Fsp3) is 0.889. The minimum absolute atomic E-state index is 0.173. The quantitative estimate of drug-likeness (QED) is 0.227. The molecule has 0 spiro atoms. The third-order valence-electron chi connectivity index (χ3n) is 3.23. The first-order valence-corrected chi connectivity index (χ1v) is 7.50. The maximum absolute atomic E-state index is 12.1. The molecule has 5 N–H and O–H groups in total. The molecule has 21 heavy (non-hydrogen) atoms. The smallest absolute Gasteiger partial charge is 0.402 e. The molecule has 1 heterocycles. The molecule has 1 saturated heterocycles. The largest absolute Gasteiger partial charge is 0.409 e. The minimum Gasteiger partial charge on any atom is -0.409 e. The van der Waals surface area contributed by atoms with E-state index in [2.05, 4.69) is 9.88 Å². The maximum atomic E-state index is 12.1. The highest BCUT2D eigenvalue weighted by Gasteiger charge is 2.42. The highest BCUT2D eigenvalue weighted by molar-refractivity contribution is 7.87. The predicted molar refractivity (Wildman–Crippen MR) is 69.0 cm³/mol. The molecule has 1 rings (SSSR count). The van der Waals surface area contributed by atoms with Crippen molar-refractivity contribution in [3.63, 3.8) is 0 Å². The van der Waals surface area contributed by atoms with Crippen LogP contribution in [0.15, 0.2) is 5.16 Å². The van der Waals surface area contributed by atoms with Crippen molar-refractivity contribution in [2.24, 2.45) is 10.9 Å². The number of nitrogens with two attached hydrogens (primary N) is 1. The molecular weight excluding hydrogens is 315 g/mol. The van der Waals surface area contributed by atoms with Gasteiger partial charge < -0.3 is 15.8 Å². The normalized spacial score (nSPS) is 21.4. The van der Waals surface area contributed by atoms with E-state index in [1.165, 1.54) is 4.72 Å². The Morgan fingerprint density at radius 2 is 1.95 bits per heavy atom. The summed E-state index contributed by atoms with van der Waals surface area (Å²) in [5.74, 6) is -0.381. The molecule has 0 aromatic carbocycles. The minimum atomic E-state index is -4.68. The molecule has 8 nitrogen and oxygen atoms in total. The third kappa shape index (κ3) is 5.30.